The van der Waals surface area contributed by atoms with Crippen LogP contribution in [0.25, 0.3) is 0 Å². The highest BCUT2D eigenvalue weighted by atomic mass is 79.9. The lowest BCUT2D eigenvalue weighted by Crippen LogP contribution is -2.22. The molecule has 6 heteroatoms. The van der Waals surface area contributed by atoms with Crippen LogP contribution in [0.5, 0.6) is 5.75 Å². The number of nitrogens with one attached hydrogen (secondary N) is 1. The topological polar surface area (TPSA) is 39.1 Å². The standard InChI is InChI=1S/C15H19BrClN3O/c1-4-7-20-15(13(17)9-19-20)14(18-2)11-8-10(21-3)5-6-12(11)16/h5-6,8-9,14,18H,4,7H2,1-3H3. The predicted octanol–water partition coefficient (Wildman–Crippen LogP) is 4.03. The van der Waals surface area contributed by atoms with Gasteiger partial charge >= 0.3 is 0 Å². The summed E-state index contributed by atoms with van der Waals surface area (Å²) >= 11 is 9.97. The highest BCUT2D eigenvalue weighted by Crippen LogP contribution is 2.34. The quantitative estimate of drug-likeness (QED) is 0.832. The SMILES string of the molecule is CCCn1ncc(Cl)c1C(NC)c1cc(OC)ccc1Br. The first-order valence-corrected chi connectivity index (χ1v) is 8.01. The van der Waals surface area contributed by atoms with Crippen molar-refractivity contribution in [1.29, 1.82) is 0 Å². The van der Waals surface area contributed by atoms with Crippen LogP contribution in [-0.2, 0) is 6.54 Å². The lowest BCUT2D eigenvalue weighted by atomic mass is 10.0. The molecule has 1 heterocycles. The van der Waals surface area contributed by atoms with Crippen molar-refractivity contribution in [1.82, 2.24) is 15.1 Å². The van der Waals surface area contributed by atoms with Gasteiger partial charge in [0.25, 0.3) is 0 Å². The second-order valence-corrected chi connectivity index (χ2v) is 5.97. The van der Waals surface area contributed by atoms with E-state index in [1.54, 1.807) is 13.3 Å². The van der Waals surface area contributed by atoms with Crippen molar-refractivity contribution in [3.8, 4) is 5.75 Å². The molecule has 0 aliphatic heterocycles. The van der Waals surface area contributed by atoms with E-state index in [0.29, 0.717) is 5.02 Å². The fourth-order valence-electron chi connectivity index (χ4n) is 2.36. The summed E-state index contributed by atoms with van der Waals surface area (Å²) in [5, 5.41) is 8.36. The maximum absolute atomic E-state index is 6.36. The number of nitrogens with zero attached hydrogens (tertiary/aromatic N) is 2. The lowest BCUT2D eigenvalue weighted by Gasteiger charge is -2.21. The van der Waals surface area contributed by atoms with Gasteiger partial charge in [0.2, 0.25) is 0 Å². The second kappa shape index (κ2) is 7.29. The van der Waals surface area contributed by atoms with Crippen molar-refractivity contribution in [2.75, 3.05) is 14.2 Å². The average molecular weight is 373 g/mol. The fourth-order valence-corrected chi connectivity index (χ4v) is 3.08. The van der Waals surface area contributed by atoms with Crippen molar-refractivity contribution in [2.24, 2.45) is 0 Å². The molecule has 114 valence electrons. The molecule has 21 heavy (non-hydrogen) atoms. The maximum atomic E-state index is 6.36. The summed E-state index contributed by atoms with van der Waals surface area (Å²) in [6.45, 7) is 2.96. The fraction of sp³-hybridized carbons (Fsp3) is 0.400. The first-order valence-electron chi connectivity index (χ1n) is 6.84. The number of hydrogen-bond donors (Lipinski definition) is 1. The van der Waals surface area contributed by atoms with Crippen LogP contribution >= 0.6 is 27.5 Å². The number of methoxy groups -OCH3 is 1. The Morgan fingerprint density at radius 3 is 2.86 bits per heavy atom. The van der Waals surface area contributed by atoms with Crippen LogP contribution in [0.2, 0.25) is 5.02 Å². The molecule has 0 aliphatic rings. The molecule has 2 aromatic rings. The van der Waals surface area contributed by atoms with Gasteiger partial charge in [-0.3, -0.25) is 4.68 Å². The number of benzene rings is 1. The predicted molar refractivity (Wildman–Crippen MR) is 89.1 cm³/mol. The van der Waals surface area contributed by atoms with E-state index in [-0.39, 0.29) is 6.04 Å². The molecule has 0 aliphatic carbocycles. The van der Waals surface area contributed by atoms with Gasteiger partial charge in [0, 0.05) is 11.0 Å². The first-order chi connectivity index (χ1) is 10.1. The highest BCUT2D eigenvalue weighted by molar-refractivity contribution is 9.10. The van der Waals surface area contributed by atoms with Gasteiger partial charge in [-0.2, -0.15) is 5.10 Å². The van der Waals surface area contributed by atoms with Gasteiger partial charge in [0.1, 0.15) is 5.75 Å². The van der Waals surface area contributed by atoms with Crippen LogP contribution in [0.3, 0.4) is 0 Å². The molecule has 1 atom stereocenters. The number of aromatic nitrogens is 2. The normalized spacial score (nSPS) is 12.4. The van der Waals surface area contributed by atoms with Crippen molar-refractivity contribution < 1.29 is 4.74 Å². The minimum atomic E-state index is -0.0592. The van der Waals surface area contributed by atoms with Gasteiger partial charge in [-0.1, -0.05) is 34.5 Å². The van der Waals surface area contributed by atoms with Crippen LogP contribution in [0.1, 0.15) is 30.6 Å². The number of ether oxygens (including phenoxy) is 1. The van der Waals surface area contributed by atoms with E-state index in [2.05, 4.69) is 33.3 Å². The van der Waals surface area contributed by atoms with Gasteiger partial charge in [0.05, 0.1) is 30.1 Å². The largest absolute Gasteiger partial charge is 0.497 e. The van der Waals surface area contributed by atoms with E-state index in [1.807, 2.05) is 29.9 Å². The average Bonchev–Trinajstić information content (AvgIpc) is 2.84. The van der Waals surface area contributed by atoms with Crippen LogP contribution in [0.15, 0.2) is 28.9 Å². The van der Waals surface area contributed by atoms with Crippen LogP contribution in [0.4, 0.5) is 0 Å². The Bertz CT molecular complexity index is 615. The van der Waals surface area contributed by atoms with E-state index >= 15 is 0 Å². The molecule has 0 radical (unpaired) electrons. The van der Waals surface area contributed by atoms with E-state index in [0.717, 1.165) is 34.4 Å². The van der Waals surface area contributed by atoms with Crippen LogP contribution in [0, 0.1) is 0 Å². The Morgan fingerprint density at radius 1 is 1.48 bits per heavy atom. The smallest absolute Gasteiger partial charge is 0.119 e. The molecule has 0 amide bonds. The summed E-state index contributed by atoms with van der Waals surface area (Å²) in [7, 11) is 3.58. The van der Waals surface area contributed by atoms with E-state index in [4.69, 9.17) is 16.3 Å². The van der Waals surface area contributed by atoms with Crippen molar-refractivity contribution in [3.63, 3.8) is 0 Å². The number of rotatable bonds is 6. The third-order valence-corrected chi connectivity index (χ3v) is 4.36. The monoisotopic (exact) mass is 371 g/mol. The van der Waals surface area contributed by atoms with Crippen LogP contribution < -0.4 is 10.1 Å². The van der Waals surface area contributed by atoms with Crippen LogP contribution in [-0.4, -0.2) is 23.9 Å². The molecule has 1 N–H and O–H groups in total. The van der Waals surface area contributed by atoms with Gasteiger partial charge in [-0.15, -0.1) is 0 Å². The van der Waals surface area contributed by atoms with Crippen molar-refractivity contribution >= 4 is 27.5 Å². The van der Waals surface area contributed by atoms with E-state index in [9.17, 15) is 0 Å². The Labute approximate surface area is 138 Å². The Hall–Kier alpha value is -1.04. The lowest BCUT2D eigenvalue weighted by molar-refractivity contribution is 0.413. The summed E-state index contributed by atoms with van der Waals surface area (Å²) < 4.78 is 8.28. The first kappa shape index (κ1) is 16.3. The summed E-state index contributed by atoms with van der Waals surface area (Å²) in [5.41, 5.74) is 2.03. The van der Waals surface area contributed by atoms with E-state index < -0.39 is 0 Å². The van der Waals surface area contributed by atoms with Crippen molar-refractivity contribution in [3.05, 3.63) is 45.1 Å². The Kier molecular flexibility index (Phi) is 5.67. The zero-order valence-electron chi connectivity index (χ0n) is 12.4. The van der Waals surface area contributed by atoms with Gasteiger partial charge in [-0.05, 0) is 37.2 Å². The third kappa shape index (κ3) is 3.42. The minimum Gasteiger partial charge on any atom is -0.497 e. The maximum Gasteiger partial charge on any atom is 0.119 e. The molecule has 0 spiro atoms. The Morgan fingerprint density at radius 2 is 2.24 bits per heavy atom. The molecule has 0 saturated carbocycles. The highest BCUT2D eigenvalue weighted by Gasteiger charge is 2.23. The molecular weight excluding hydrogens is 354 g/mol. The molecule has 0 saturated heterocycles. The summed E-state index contributed by atoms with van der Waals surface area (Å²) in [4.78, 5) is 0. The number of aryl methyl sites for hydroxylation is 1. The minimum absolute atomic E-state index is 0.0592. The van der Waals surface area contributed by atoms with Gasteiger partial charge in [0.15, 0.2) is 0 Å². The zero-order chi connectivity index (χ0) is 15.4. The molecule has 4 nitrogen and oxygen atoms in total. The summed E-state index contributed by atoms with van der Waals surface area (Å²) in [6.07, 6.45) is 2.70. The summed E-state index contributed by atoms with van der Waals surface area (Å²) in [5.74, 6) is 0.811. The molecule has 0 bridgehead atoms. The molecule has 2 rings (SSSR count). The molecule has 0 fully saturated rings. The number of hydrogen-bond acceptors (Lipinski definition) is 3. The third-order valence-electron chi connectivity index (χ3n) is 3.34. The second-order valence-electron chi connectivity index (χ2n) is 4.71. The number of halogens is 2. The molecule has 1 aromatic heterocycles. The van der Waals surface area contributed by atoms with Crippen molar-refractivity contribution in [2.45, 2.75) is 25.9 Å². The zero-order valence-corrected chi connectivity index (χ0v) is 14.7. The molecular formula is C15H19BrClN3O. The molecule has 1 unspecified atom stereocenters. The summed E-state index contributed by atoms with van der Waals surface area (Å²) in [6, 6.07) is 5.85. The van der Waals surface area contributed by atoms with Gasteiger partial charge < -0.3 is 10.1 Å². The van der Waals surface area contributed by atoms with Gasteiger partial charge in [-0.25, -0.2) is 0 Å². The molecule has 1 aromatic carbocycles. The van der Waals surface area contributed by atoms with E-state index in [1.165, 1.54) is 0 Å². The Balaban J connectivity index is 2.51.